The number of carbonyl (C=O) groups excluding carboxylic acids is 5. The van der Waals surface area contributed by atoms with Crippen LogP contribution in [0, 0.1) is 11.8 Å². The number of ether oxygens (including phenoxy) is 6. The Morgan fingerprint density at radius 1 is 0.805 bits per heavy atom. The van der Waals surface area contributed by atoms with E-state index in [0.29, 0.717) is 0 Å². The Balaban J connectivity index is 3.38. The highest BCUT2D eigenvalue weighted by molar-refractivity contribution is 7.48. The third-order valence-corrected chi connectivity index (χ3v) is 6.27. The number of phosphoric ester groups is 1. The molecule has 6 atom stereocenters. The molecule has 0 aliphatic carbocycles. The zero-order valence-corrected chi connectivity index (χ0v) is 24.5. The van der Waals surface area contributed by atoms with Crippen molar-refractivity contribution < 1.29 is 80.0 Å². The minimum atomic E-state index is -5.01. The van der Waals surface area contributed by atoms with E-state index in [0.717, 1.165) is 20.8 Å². The third kappa shape index (κ3) is 12.4. The highest BCUT2D eigenvalue weighted by atomic mass is 31.2. The molecule has 0 aromatic carbocycles. The summed E-state index contributed by atoms with van der Waals surface area (Å²) in [5.74, 6) is -5.62. The molecular weight excluding hydrogens is 582 g/mol. The molecule has 41 heavy (non-hydrogen) atoms. The molecule has 236 valence electrons. The lowest BCUT2D eigenvalue weighted by Gasteiger charge is -2.43. The Morgan fingerprint density at radius 2 is 1.27 bits per heavy atom. The molecule has 0 radical (unpaired) electrons. The number of hydrogen-bond donors (Lipinski definition) is 1. The SMILES string of the molecule is CC(=O)OC[C@H](F)C1O[C@@H](OP(=O)(OCOC(=O)C(C)C)OCOC(=O)C(C)C)C(OC(C)=O)C(OC(C)=O)[C@@H]1O. The summed E-state index contributed by atoms with van der Waals surface area (Å²) in [7, 11) is -5.01. The standard InChI is InChI=1S/C23H36FO16P/c1-11(2)21(29)33-9-35-41(31,36-10-34-22(30)12(3)4)40-23-20(38-15(7)27)19(37-14(6)26)17(28)18(39-23)16(24)8-32-13(5)25/h11-12,16-20,23,28H,8-10H2,1-7H3/t16-,17+,18?,19?,20?,23-/m0/s1. The molecule has 0 aromatic rings. The number of hydrogen-bond acceptors (Lipinski definition) is 16. The summed E-state index contributed by atoms with van der Waals surface area (Å²) in [5.41, 5.74) is 0. The van der Waals surface area contributed by atoms with Crippen LogP contribution in [0.3, 0.4) is 0 Å². The van der Waals surface area contributed by atoms with Gasteiger partial charge in [0.25, 0.3) is 0 Å². The number of halogens is 1. The van der Waals surface area contributed by atoms with Crippen molar-refractivity contribution in [2.75, 3.05) is 20.2 Å². The van der Waals surface area contributed by atoms with E-state index >= 15 is 4.39 Å². The predicted octanol–water partition coefficient (Wildman–Crippen LogP) is 1.31. The Morgan fingerprint density at radius 3 is 1.68 bits per heavy atom. The van der Waals surface area contributed by atoms with E-state index < -0.39 is 107 Å². The molecular formula is C23H36FO16P. The lowest BCUT2D eigenvalue weighted by Crippen LogP contribution is -2.63. The number of alkyl halides is 1. The molecule has 1 saturated heterocycles. The molecule has 18 heteroatoms. The molecule has 1 heterocycles. The minimum absolute atomic E-state index is 0.604. The fourth-order valence-corrected chi connectivity index (χ4v) is 4.01. The van der Waals surface area contributed by atoms with Gasteiger partial charge in [0.05, 0.1) is 11.8 Å². The van der Waals surface area contributed by atoms with Gasteiger partial charge >= 0.3 is 37.7 Å². The fourth-order valence-electron chi connectivity index (χ4n) is 3.02. The maximum atomic E-state index is 15.0. The number of rotatable bonds is 15. The third-order valence-electron chi connectivity index (χ3n) is 4.96. The van der Waals surface area contributed by atoms with Gasteiger partial charge in [-0.3, -0.25) is 28.5 Å². The molecule has 0 spiro atoms. The average Bonchev–Trinajstić information content (AvgIpc) is 2.85. The van der Waals surface area contributed by atoms with E-state index in [-0.39, 0.29) is 0 Å². The van der Waals surface area contributed by atoms with Crippen LogP contribution in [0.1, 0.15) is 48.5 Å². The van der Waals surface area contributed by atoms with E-state index in [2.05, 4.69) is 4.74 Å². The van der Waals surface area contributed by atoms with Crippen molar-refractivity contribution in [1.82, 2.24) is 0 Å². The molecule has 0 bridgehead atoms. The maximum absolute atomic E-state index is 15.0. The summed E-state index contributed by atoms with van der Waals surface area (Å²) < 4.78 is 73.5. The summed E-state index contributed by atoms with van der Waals surface area (Å²) in [5, 5.41) is 10.7. The number of phosphoric acid groups is 1. The smallest absolute Gasteiger partial charge is 0.463 e. The van der Waals surface area contributed by atoms with Crippen LogP contribution in [0.5, 0.6) is 0 Å². The van der Waals surface area contributed by atoms with Gasteiger partial charge in [0.1, 0.15) is 18.8 Å². The fraction of sp³-hybridized carbons (Fsp3) is 0.783. The number of aliphatic hydroxyl groups is 1. The van der Waals surface area contributed by atoms with E-state index in [9.17, 15) is 33.6 Å². The Labute approximate surface area is 235 Å². The number of carbonyl (C=O) groups is 5. The quantitative estimate of drug-likeness (QED) is 0.119. The molecule has 1 N–H and O–H groups in total. The largest absolute Gasteiger partial charge is 0.483 e. The summed E-state index contributed by atoms with van der Waals surface area (Å²) in [4.78, 5) is 58.4. The lowest BCUT2D eigenvalue weighted by molar-refractivity contribution is -0.295. The maximum Gasteiger partial charge on any atom is 0.483 e. The first-order valence-corrected chi connectivity index (χ1v) is 13.8. The number of esters is 5. The summed E-state index contributed by atoms with van der Waals surface area (Å²) in [6.07, 6.45) is -12.1. The first-order valence-electron chi connectivity index (χ1n) is 12.3. The highest BCUT2D eigenvalue weighted by Crippen LogP contribution is 2.52. The second kappa shape index (κ2) is 16.7. The van der Waals surface area contributed by atoms with E-state index in [4.69, 9.17) is 37.3 Å². The lowest BCUT2D eigenvalue weighted by atomic mass is 9.95. The molecule has 0 aromatic heterocycles. The first kappa shape index (κ1) is 36.3. The molecule has 1 rings (SSSR count). The molecule has 1 fully saturated rings. The van der Waals surface area contributed by atoms with Gasteiger partial charge in [0.2, 0.25) is 19.9 Å². The van der Waals surface area contributed by atoms with Crippen LogP contribution in [0.25, 0.3) is 0 Å². The van der Waals surface area contributed by atoms with Gasteiger partial charge in [0, 0.05) is 20.8 Å². The van der Waals surface area contributed by atoms with Crippen molar-refractivity contribution in [1.29, 1.82) is 0 Å². The zero-order chi connectivity index (χ0) is 31.5. The molecule has 3 unspecified atom stereocenters. The topological polar surface area (TPSA) is 206 Å². The van der Waals surface area contributed by atoms with E-state index in [1.54, 1.807) is 0 Å². The Kier molecular flexibility index (Phi) is 14.8. The van der Waals surface area contributed by atoms with Gasteiger partial charge in [-0.05, 0) is 0 Å². The van der Waals surface area contributed by atoms with E-state index in [1.165, 1.54) is 27.7 Å². The second-order valence-corrected chi connectivity index (χ2v) is 10.8. The van der Waals surface area contributed by atoms with Crippen LogP contribution in [0.15, 0.2) is 0 Å². The first-order chi connectivity index (χ1) is 19.0. The molecule has 1 aliphatic rings. The van der Waals surface area contributed by atoms with Crippen LogP contribution >= 0.6 is 7.82 Å². The van der Waals surface area contributed by atoms with Crippen molar-refractivity contribution in [2.24, 2.45) is 11.8 Å². The molecule has 0 saturated carbocycles. The van der Waals surface area contributed by atoms with Crippen molar-refractivity contribution in [3.05, 3.63) is 0 Å². The molecule has 0 amide bonds. The van der Waals surface area contributed by atoms with Crippen LogP contribution in [0.4, 0.5) is 4.39 Å². The van der Waals surface area contributed by atoms with E-state index in [1.807, 2.05) is 0 Å². The van der Waals surface area contributed by atoms with Gasteiger partial charge in [-0.25, -0.2) is 18.0 Å². The van der Waals surface area contributed by atoms with Crippen LogP contribution in [0.2, 0.25) is 0 Å². The van der Waals surface area contributed by atoms with Crippen molar-refractivity contribution in [2.45, 2.75) is 85.3 Å². The summed E-state index contributed by atoms with van der Waals surface area (Å²) in [6, 6.07) is 0. The van der Waals surface area contributed by atoms with Gasteiger partial charge in [0.15, 0.2) is 18.4 Å². The van der Waals surface area contributed by atoms with Gasteiger partial charge in [-0.15, -0.1) is 0 Å². The monoisotopic (exact) mass is 618 g/mol. The highest BCUT2D eigenvalue weighted by Gasteiger charge is 2.54. The summed E-state index contributed by atoms with van der Waals surface area (Å²) >= 11 is 0. The van der Waals surface area contributed by atoms with Crippen LogP contribution in [-0.2, 0) is 70.5 Å². The van der Waals surface area contributed by atoms with Crippen molar-refractivity contribution in [3.63, 3.8) is 0 Å². The Bertz CT molecular complexity index is 941. The van der Waals surface area contributed by atoms with Crippen molar-refractivity contribution in [3.8, 4) is 0 Å². The van der Waals surface area contributed by atoms with Gasteiger partial charge in [-0.2, -0.15) is 0 Å². The molecule has 1 aliphatic heterocycles. The summed E-state index contributed by atoms with van der Waals surface area (Å²) in [6.45, 7) is 5.95. The van der Waals surface area contributed by atoms with Crippen molar-refractivity contribution >= 4 is 37.7 Å². The van der Waals surface area contributed by atoms with Crippen LogP contribution < -0.4 is 0 Å². The second-order valence-electron chi connectivity index (χ2n) is 9.21. The average molecular weight is 618 g/mol. The van der Waals surface area contributed by atoms with Gasteiger partial charge < -0.3 is 33.5 Å². The zero-order valence-electron chi connectivity index (χ0n) is 23.6. The normalized spacial score (nSPS) is 23.4. The minimum Gasteiger partial charge on any atom is -0.463 e. The Hall–Kier alpha value is -2.69. The van der Waals surface area contributed by atoms with Gasteiger partial charge in [-0.1, -0.05) is 27.7 Å². The van der Waals surface area contributed by atoms with Crippen LogP contribution in [-0.4, -0.2) is 92.0 Å². The molecule has 16 nitrogen and oxygen atoms in total. The predicted molar refractivity (Wildman–Crippen MR) is 130 cm³/mol. The number of aliphatic hydroxyl groups excluding tert-OH is 1.